The number of nitrogens with zero attached hydrogens (tertiary/aromatic N) is 1. The first-order valence-electron chi connectivity index (χ1n) is 16.3. The van der Waals surface area contributed by atoms with Crippen LogP contribution in [0.25, 0.3) is 0 Å². The number of carboxylic acid groups (broad SMARTS) is 1. The summed E-state index contributed by atoms with van der Waals surface area (Å²) in [6.45, 7) is 1.10. The molecule has 5 N–H and O–H groups in total. The molecule has 13 heteroatoms. The first-order valence-corrected chi connectivity index (χ1v) is 16.3. The van der Waals surface area contributed by atoms with Gasteiger partial charge in [-0.25, -0.2) is 13.6 Å². The summed E-state index contributed by atoms with van der Waals surface area (Å²) < 4.78 is 32.7. The second-order valence-corrected chi connectivity index (χ2v) is 12.1. The van der Waals surface area contributed by atoms with Crippen LogP contribution in [0.4, 0.5) is 14.5 Å². The van der Waals surface area contributed by atoms with E-state index >= 15 is 0 Å². The normalized spacial score (nSPS) is 17.1. The Morgan fingerprint density at radius 3 is 2.02 bits per heavy atom. The monoisotopic (exact) mass is 701 g/mol. The minimum atomic E-state index is -1.27. The lowest BCUT2D eigenvalue weighted by molar-refractivity contribution is -0.142. The lowest BCUT2D eigenvalue weighted by atomic mass is 9.78. The molecule has 0 spiro atoms. The summed E-state index contributed by atoms with van der Waals surface area (Å²) in [7, 11) is 0. The topological polar surface area (TPSA) is 166 Å². The van der Waals surface area contributed by atoms with Crippen LogP contribution in [0.5, 0.6) is 11.5 Å². The van der Waals surface area contributed by atoms with Crippen LogP contribution in [-0.4, -0.2) is 51.7 Å². The largest absolute Gasteiger partial charge is 0.508 e. The van der Waals surface area contributed by atoms with Crippen LogP contribution in [-0.2, 0) is 19.2 Å². The van der Waals surface area contributed by atoms with E-state index in [1.54, 1.807) is 36.1 Å². The summed E-state index contributed by atoms with van der Waals surface area (Å²) in [6.07, 6.45) is -0.235. The van der Waals surface area contributed by atoms with Gasteiger partial charge in [0.15, 0.2) is 6.61 Å². The number of phenols is 1. The number of ether oxygens (including phenoxy) is 1. The van der Waals surface area contributed by atoms with Gasteiger partial charge in [0.2, 0.25) is 11.8 Å². The van der Waals surface area contributed by atoms with Crippen LogP contribution in [0.2, 0.25) is 0 Å². The van der Waals surface area contributed by atoms with Crippen LogP contribution < -0.4 is 20.3 Å². The fourth-order valence-electron chi connectivity index (χ4n) is 5.96. The van der Waals surface area contributed by atoms with Gasteiger partial charge in [0, 0.05) is 5.69 Å². The SMILES string of the molecule is CC[C@H](NC(=O)[C@H](NC(=O)COc1ccc(C2C(CCC(O)c3ccc(F)cc3)C(=O)N2c2ccc(F)cc2)cc1)c1ccc(O)cc1)C(=O)O. The summed E-state index contributed by atoms with van der Waals surface area (Å²) >= 11 is 0. The average Bonchev–Trinajstić information content (AvgIpc) is 3.12. The summed E-state index contributed by atoms with van der Waals surface area (Å²) in [5.41, 5.74) is 2.06. The zero-order chi connectivity index (χ0) is 36.7. The second-order valence-electron chi connectivity index (χ2n) is 12.1. The van der Waals surface area contributed by atoms with Gasteiger partial charge in [-0.05, 0) is 96.6 Å². The van der Waals surface area contributed by atoms with Crippen molar-refractivity contribution in [1.82, 2.24) is 10.6 Å². The molecule has 1 aliphatic heterocycles. The van der Waals surface area contributed by atoms with E-state index in [0.717, 1.165) is 5.56 Å². The number of aliphatic hydroxyl groups excluding tert-OH is 1. The predicted molar refractivity (Wildman–Crippen MR) is 181 cm³/mol. The molecule has 1 heterocycles. The maximum Gasteiger partial charge on any atom is 0.326 e. The van der Waals surface area contributed by atoms with E-state index in [9.17, 15) is 43.3 Å². The van der Waals surface area contributed by atoms with Gasteiger partial charge < -0.3 is 35.6 Å². The summed E-state index contributed by atoms with van der Waals surface area (Å²) in [6, 6.07) is 20.4. The summed E-state index contributed by atoms with van der Waals surface area (Å²) in [4.78, 5) is 52.4. The highest BCUT2D eigenvalue weighted by atomic mass is 19.1. The Labute approximate surface area is 292 Å². The summed E-state index contributed by atoms with van der Waals surface area (Å²) in [5.74, 6) is -4.01. The molecule has 266 valence electrons. The van der Waals surface area contributed by atoms with Crippen molar-refractivity contribution in [2.75, 3.05) is 11.5 Å². The first kappa shape index (κ1) is 36.5. The molecule has 0 aliphatic carbocycles. The number of β-lactam (4-membered cyclic amide) rings is 1. The fraction of sp³-hybridized carbons (Fsp3) is 0.263. The number of carbonyl (C=O) groups excluding carboxylic acids is 3. The van der Waals surface area contributed by atoms with Crippen LogP contribution in [0, 0.1) is 17.6 Å². The molecule has 1 aliphatic rings. The quantitative estimate of drug-likeness (QED) is 0.107. The van der Waals surface area contributed by atoms with E-state index in [1.165, 1.54) is 72.8 Å². The number of carboxylic acids is 1. The Balaban J connectivity index is 1.26. The molecule has 5 atom stereocenters. The molecule has 0 aromatic heterocycles. The smallest absolute Gasteiger partial charge is 0.326 e. The molecule has 5 rings (SSSR count). The number of phenolic OH excluding ortho intramolecular Hbond substituents is 1. The minimum Gasteiger partial charge on any atom is -0.508 e. The molecule has 51 heavy (non-hydrogen) atoms. The number of nitrogens with one attached hydrogen (secondary N) is 2. The van der Waals surface area contributed by atoms with Gasteiger partial charge >= 0.3 is 5.97 Å². The number of amides is 3. The van der Waals surface area contributed by atoms with Crippen LogP contribution in [0.3, 0.4) is 0 Å². The van der Waals surface area contributed by atoms with Crippen molar-refractivity contribution >= 4 is 29.4 Å². The van der Waals surface area contributed by atoms with Gasteiger partial charge in [0.25, 0.3) is 5.91 Å². The highest BCUT2D eigenvalue weighted by Gasteiger charge is 2.48. The number of anilines is 1. The number of aliphatic carboxylic acids is 1. The van der Waals surface area contributed by atoms with Crippen molar-refractivity contribution in [2.24, 2.45) is 5.92 Å². The third-order valence-electron chi connectivity index (χ3n) is 8.73. The molecule has 1 saturated heterocycles. The van der Waals surface area contributed by atoms with Crippen molar-refractivity contribution < 1.29 is 48.0 Å². The highest BCUT2D eigenvalue weighted by Crippen LogP contribution is 2.46. The Hall–Kier alpha value is -5.82. The molecule has 0 bridgehead atoms. The van der Waals surface area contributed by atoms with E-state index in [0.29, 0.717) is 29.0 Å². The number of aromatic hydroxyl groups is 1. The van der Waals surface area contributed by atoms with E-state index in [1.807, 2.05) is 0 Å². The Bertz CT molecular complexity index is 1840. The Morgan fingerprint density at radius 2 is 1.43 bits per heavy atom. The van der Waals surface area contributed by atoms with Crippen LogP contribution in [0.15, 0.2) is 97.1 Å². The third-order valence-corrected chi connectivity index (χ3v) is 8.73. The van der Waals surface area contributed by atoms with Gasteiger partial charge in [-0.3, -0.25) is 14.4 Å². The predicted octanol–water partition coefficient (Wildman–Crippen LogP) is 5.10. The molecule has 4 aromatic carbocycles. The van der Waals surface area contributed by atoms with E-state index in [2.05, 4.69) is 10.6 Å². The average molecular weight is 702 g/mol. The number of aliphatic hydroxyl groups is 1. The minimum absolute atomic E-state index is 0.0612. The van der Waals surface area contributed by atoms with Gasteiger partial charge in [0.1, 0.15) is 35.2 Å². The van der Waals surface area contributed by atoms with Crippen LogP contribution >= 0.6 is 0 Å². The van der Waals surface area contributed by atoms with E-state index in [4.69, 9.17) is 4.74 Å². The molecule has 0 saturated carbocycles. The van der Waals surface area contributed by atoms with Crippen molar-refractivity contribution in [3.8, 4) is 11.5 Å². The molecule has 3 unspecified atom stereocenters. The van der Waals surface area contributed by atoms with Crippen molar-refractivity contribution in [1.29, 1.82) is 0 Å². The van der Waals surface area contributed by atoms with Gasteiger partial charge in [-0.1, -0.05) is 43.3 Å². The Morgan fingerprint density at radius 1 is 0.843 bits per heavy atom. The number of benzene rings is 4. The zero-order valence-electron chi connectivity index (χ0n) is 27.5. The fourth-order valence-corrected chi connectivity index (χ4v) is 5.96. The van der Waals surface area contributed by atoms with Crippen molar-refractivity contribution in [3.63, 3.8) is 0 Å². The molecular weight excluding hydrogens is 664 g/mol. The van der Waals surface area contributed by atoms with Crippen molar-refractivity contribution in [3.05, 3.63) is 125 Å². The van der Waals surface area contributed by atoms with E-state index in [-0.39, 0.29) is 24.5 Å². The molecule has 0 radical (unpaired) electrons. The maximum absolute atomic E-state index is 13.7. The molecule has 11 nitrogen and oxygen atoms in total. The maximum atomic E-state index is 13.7. The molecule has 4 aromatic rings. The third kappa shape index (κ3) is 8.86. The summed E-state index contributed by atoms with van der Waals surface area (Å²) in [5, 5.41) is 34.7. The number of rotatable bonds is 15. The molecular formula is C38H37F2N3O8. The standard InChI is InChI=1S/C38H37F2N3O8/c1-2-31(38(49)50)41-36(47)34(23-5-15-28(44)16-6-23)42-33(46)21-51-29-17-7-24(8-18-29)35-30(19-20-32(45)22-3-9-25(39)10-4-22)37(48)43(35)27-13-11-26(40)12-14-27/h3-18,30-32,34-35,44-45H,2,19-21H2,1H3,(H,41,47)(H,42,46)(H,49,50)/t30?,31-,32?,34+,35?/m0/s1. The van der Waals surface area contributed by atoms with Gasteiger partial charge in [0.05, 0.1) is 18.1 Å². The van der Waals surface area contributed by atoms with Crippen molar-refractivity contribution in [2.45, 2.75) is 50.4 Å². The van der Waals surface area contributed by atoms with Gasteiger partial charge in [-0.2, -0.15) is 0 Å². The number of hydrogen-bond donors (Lipinski definition) is 5. The first-order chi connectivity index (χ1) is 24.4. The van der Waals surface area contributed by atoms with Crippen LogP contribution in [0.1, 0.15) is 61.1 Å². The lowest BCUT2D eigenvalue weighted by Gasteiger charge is -2.48. The molecule has 1 fully saturated rings. The number of halogens is 2. The second kappa shape index (κ2) is 16.3. The lowest BCUT2D eigenvalue weighted by Crippen LogP contribution is -2.55. The zero-order valence-corrected chi connectivity index (χ0v) is 27.5. The number of hydrogen-bond acceptors (Lipinski definition) is 7. The van der Waals surface area contributed by atoms with Gasteiger partial charge in [-0.15, -0.1) is 0 Å². The Kier molecular flexibility index (Phi) is 11.6. The number of carbonyl (C=O) groups is 4. The molecule has 3 amide bonds. The van der Waals surface area contributed by atoms with E-state index < -0.39 is 66.2 Å². The highest BCUT2D eigenvalue weighted by molar-refractivity contribution is 6.03.